The summed E-state index contributed by atoms with van der Waals surface area (Å²) in [7, 11) is 0. The van der Waals surface area contributed by atoms with Gasteiger partial charge in [-0.05, 0) is 42.7 Å². The minimum Gasteiger partial charge on any atom is -0.369 e. The summed E-state index contributed by atoms with van der Waals surface area (Å²) < 4.78 is 1.11. The molecule has 0 amide bonds. The van der Waals surface area contributed by atoms with Gasteiger partial charge >= 0.3 is 0 Å². The summed E-state index contributed by atoms with van der Waals surface area (Å²) >= 11 is 3.47. The van der Waals surface area contributed by atoms with Crippen LogP contribution in [0.25, 0.3) is 0 Å². The summed E-state index contributed by atoms with van der Waals surface area (Å²) in [5.41, 5.74) is 1.89. The molecule has 3 nitrogen and oxygen atoms in total. The molecule has 0 aliphatic carbocycles. The van der Waals surface area contributed by atoms with Crippen molar-refractivity contribution in [2.24, 2.45) is 0 Å². The number of nitrogens with zero attached hydrogens (tertiary/aromatic N) is 2. The van der Waals surface area contributed by atoms with E-state index in [4.69, 9.17) is 5.26 Å². The lowest BCUT2D eigenvalue weighted by Crippen LogP contribution is -2.06. The van der Waals surface area contributed by atoms with Crippen molar-refractivity contribution in [2.45, 2.75) is 12.8 Å². The Morgan fingerprint density at radius 1 is 1.26 bits per heavy atom. The number of hydrogen-bond donors (Lipinski definition) is 1. The lowest BCUT2D eigenvalue weighted by molar-refractivity contribution is 0.858. The maximum atomic E-state index is 8.95. The Hall–Kier alpha value is -1.86. The summed E-state index contributed by atoms with van der Waals surface area (Å²) in [5.74, 6) is 0.666. The Bertz CT molecular complexity index is 590. The fraction of sp³-hybridized carbons (Fsp3) is 0.200. The summed E-state index contributed by atoms with van der Waals surface area (Å²) in [6.07, 6.45) is 3.69. The van der Waals surface area contributed by atoms with E-state index in [1.165, 1.54) is 5.56 Å². The molecule has 0 unspecified atom stereocenters. The van der Waals surface area contributed by atoms with Gasteiger partial charge < -0.3 is 5.32 Å². The number of benzene rings is 1. The van der Waals surface area contributed by atoms with E-state index < -0.39 is 0 Å². The zero-order valence-electron chi connectivity index (χ0n) is 10.4. The monoisotopic (exact) mass is 315 g/mol. The third-order valence-electron chi connectivity index (χ3n) is 2.75. The van der Waals surface area contributed by atoms with Gasteiger partial charge in [-0.1, -0.05) is 28.1 Å². The maximum absolute atomic E-state index is 8.95. The molecule has 0 atom stereocenters. The molecule has 1 N–H and O–H groups in total. The second-order valence-electron chi connectivity index (χ2n) is 4.17. The fourth-order valence-electron chi connectivity index (χ4n) is 1.83. The Morgan fingerprint density at radius 3 is 2.95 bits per heavy atom. The summed E-state index contributed by atoms with van der Waals surface area (Å²) in [5, 5.41) is 12.2. The molecule has 0 aliphatic rings. The molecule has 96 valence electrons. The van der Waals surface area contributed by atoms with Crippen LogP contribution in [0.1, 0.15) is 17.5 Å². The second kappa shape index (κ2) is 6.91. The van der Waals surface area contributed by atoms with Crippen LogP contribution in [0.15, 0.2) is 47.1 Å². The highest BCUT2D eigenvalue weighted by Gasteiger charge is 2.01. The highest BCUT2D eigenvalue weighted by molar-refractivity contribution is 9.10. The number of aromatic nitrogens is 1. The Morgan fingerprint density at radius 2 is 2.16 bits per heavy atom. The van der Waals surface area contributed by atoms with Gasteiger partial charge in [0.2, 0.25) is 0 Å². The molecule has 0 fully saturated rings. The largest absolute Gasteiger partial charge is 0.369 e. The van der Waals surface area contributed by atoms with Gasteiger partial charge in [0, 0.05) is 17.2 Å². The molecule has 2 rings (SSSR count). The quantitative estimate of drug-likeness (QED) is 0.855. The first-order valence-electron chi connectivity index (χ1n) is 6.13. The number of rotatable bonds is 5. The topological polar surface area (TPSA) is 48.7 Å². The molecule has 19 heavy (non-hydrogen) atoms. The molecule has 1 heterocycles. The molecule has 0 radical (unpaired) electrons. The smallest absolute Gasteiger partial charge is 0.143 e. The molecule has 4 heteroatoms. The van der Waals surface area contributed by atoms with Gasteiger partial charge in [-0.2, -0.15) is 5.26 Å². The van der Waals surface area contributed by atoms with Crippen LogP contribution in [0, 0.1) is 11.3 Å². The van der Waals surface area contributed by atoms with Gasteiger partial charge in [-0.3, -0.25) is 0 Å². The minimum atomic E-state index is 0.588. The van der Waals surface area contributed by atoms with Gasteiger partial charge in [0.05, 0.1) is 5.56 Å². The zero-order valence-corrected chi connectivity index (χ0v) is 12.0. The van der Waals surface area contributed by atoms with E-state index in [-0.39, 0.29) is 0 Å². The summed E-state index contributed by atoms with van der Waals surface area (Å²) in [4.78, 5) is 4.17. The molecule has 0 bridgehead atoms. The van der Waals surface area contributed by atoms with Crippen molar-refractivity contribution in [2.75, 3.05) is 11.9 Å². The van der Waals surface area contributed by atoms with Crippen molar-refractivity contribution in [1.82, 2.24) is 4.98 Å². The zero-order chi connectivity index (χ0) is 13.5. The first kappa shape index (κ1) is 13.6. The highest BCUT2D eigenvalue weighted by atomic mass is 79.9. The maximum Gasteiger partial charge on any atom is 0.143 e. The van der Waals surface area contributed by atoms with Crippen LogP contribution in [0.4, 0.5) is 5.82 Å². The number of anilines is 1. The number of hydrogen-bond acceptors (Lipinski definition) is 3. The normalized spacial score (nSPS) is 9.89. The van der Waals surface area contributed by atoms with E-state index in [1.807, 2.05) is 12.1 Å². The Labute approximate surface area is 121 Å². The van der Waals surface area contributed by atoms with E-state index >= 15 is 0 Å². The van der Waals surface area contributed by atoms with E-state index in [0.717, 1.165) is 23.9 Å². The molecule has 2 aromatic rings. The summed E-state index contributed by atoms with van der Waals surface area (Å²) in [6, 6.07) is 14.0. The van der Waals surface area contributed by atoms with E-state index in [1.54, 1.807) is 18.3 Å². The predicted molar refractivity (Wildman–Crippen MR) is 79.9 cm³/mol. The van der Waals surface area contributed by atoms with Gasteiger partial charge in [0.1, 0.15) is 11.9 Å². The average molecular weight is 316 g/mol. The van der Waals surface area contributed by atoms with Crippen molar-refractivity contribution < 1.29 is 0 Å². The van der Waals surface area contributed by atoms with Gasteiger partial charge in [0.25, 0.3) is 0 Å². The van der Waals surface area contributed by atoms with Crippen LogP contribution in [-0.2, 0) is 6.42 Å². The lowest BCUT2D eigenvalue weighted by Gasteiger charge is -2.07. The van der Waals surface area contributed by atoms with Crippen molar-refractivity contribution in [3.8, 4) is 6.07 Å². The molecular weight excluding hydrogens is 302 g/mol. The van der Waals surface area contributed by atoms with Crippen LogP contribution in [0.5, 0.6) is 0 Å². The van der Waals surface area contributed by atoms with Crippen molar-refractivity contribution >= 4 is 21.7 Å². The third-order valence-corrected chi connectivity index (χ3v) is 3.25. The number of aryl methyl sites for hydroxylation is 1. The van der Waals surface area contributed by atoms with E-state index in [0.29, 0.717) is 11.4 Å². The standard InChI is InChI=1S/C15H14BrN3/c16-14-7-1-4-12(10-14)5-2-8-18-15-13(11-17)6-3-9-19-15/h1,3-4,6-7,9-10H,2,5,8H2,(H,18,19). The van der Waals surface area contributed by atoms with Crippen LogP contribution < -0.4 is 5.32 Å². The van der Waals surface area contributed by atoms with Crippen molar-refractivity contribution in [3.63, 3.8) is 0 Å². The minimum absolute atomic E-state index is 0.588. The first-order valence-corrected chi connectivity index (χ1v) is 6.92. The average Bonchev–Trinajstić information content (AvgIpc) is 2.44. The van der Waals surface area contributed by atoms with Crippen LogP contribution in [-0.4, -0.2) is 11.5 Å². The third kappa shape index (κ3) is 4.08. The van der Waals surface area contributed by atoms with Crippen molar-refractivity contribution in [1.29, 1.82) is 5.26 Å². The van der Waals surface area contributed by atoms with E-state index in [2.05, 4.69) is 44.4 Å². The molecule has 1 aromatic carbocycles. The first-order chi connectivity index (χ1) is 9.29. The van der Waals surface area contributed by atoms with Gasteiger partial charge in [0.15, 0.2) is 0 Å². The lowest BCUT2D eigenvalue weighted by atomic mass is 10.1. The predicted octanol–water partition coefficient (Wildman–Crippen LogP) is 3.76. The van der Waals surface area contributed by atoms with Crippen LogP contribution in [0.3, 0.4) is 0 Å². The molecule has 0 saturated carbocycles. The Kier molecular flexibility index (Phi) is 4.93. The van der Waals surface area contributed by atoms with E-state index in [9.17, 15) is 0 Å². The molecule has 1 aromatic heterocycles. The molecular formula is C15H14BrN3. The van der Waals surface area contributed by atoms with Crippen molar-refractivity contribution in [3.05, 3.63) is 58.2 Å². The number of nitrogens with one attached hydrogen (secondary N) is 1. The van der Waals surface area contributed by atoms with Crippen LogP contribution in [0.2, 0.25) is 0 Å². The molecule has 0 spiro atoms. The highest BCUT2D eigenvalue weighted by Crippen LogP contribution is 2.13. The number of nitriles is 1. The van der Waals surface area contributed by atoms with Gasteiger partial charge in [-0.15, -0.1) is 0 Å². The second-order valence-corrected chi connectivity index (χ2v) is 5.09. The summed E-state index contributed by atoms with van der Waals surface area (Å²) in [6.45, 7) is 0.804. The number of pyridine rings is 1. The fourth-order valence-corrected chi connectivity index (χ4v) is 2.27. The van der Waals surface area contributed by atoms with Gasteiger partial charge in [-0.25, -0.2) is 4.98 Å². The number of halogens is 1. The van der Waals surface area contributed by atoms with Crippen LogP contribution >= 0.6 is 15.9 Å². The Balaban J connectivity index is 1.83. The molecule has 0 aliphatic heterocycles. The molecule has 0 saturated heterocycles. The SMILES string of the molecule is N#Cc1cccnc1NCCCc1cccc(Br)c1.